The predicted molar refractivity (Wildman–Crippen MR) is 87.3 cm³/mol. The van der Waals surface area contributed by atoms with Gasteiger partial charge in [-0.25, -0.2) is 8.42 Å². The minimum Gasteiger partial charge on any atom is -0.632 e. The van der Waals surface area contributed by atoms with Gasteiger partial charge in [-0.15, -0.1) is 0 Å². The molecule has 0 amide bonds. The number of piperidine rings is 1. The fraction of sp³-hybridized carbons (Fsp3) is 0.625. The first-order valence-electron chi connectivity index (χ1n) is 8.13. The highest BCUT2D eigenvalue weighted by atomic mass is 32.2. The summed E-state index contributed by atoms with van der Waals surface area (Å²) in [6, 6.07) is 8.27. The maximum Gasteiger partial charge on any atom is 0.245 e. The molecule has 0 bridgehead atoms. The van der Waals surface area contributed by atoms with Crippen molar-refractivity contribution in [3.8, 4) is 0 Å². The predicted octanol–water partition coefficient (Wildman–Crippen LogP) is 2.98. The van der Waals surface area contributed by atoms with Crippen molar-refractivity contribution < 1.29 is 13.1 Å². The van der Waals surface area contributed by atoms with Crippen LogP contribution in [0.4, 0.5) is 0 Å². The largest absolute Gasteiger partial charge is 0.632 e. The van der Waals surface area contributed by atoms with Crippen molar-refractivity contribution in [3.05, 3.63) is 35.5 Å². The normalized spacial score (nSPS) is 26.0. The van der Waals surface area contributed by atoms with Crippen LogP contribution in [0.25, 0.3) is 0 Å². The summed E-state index contributed by atoms with van der Waals surface area (Å²) >= 11 is 0. The van der Waals surface area contributed by atoms with Crippen molar-refractivity contribution in [1.82, 2.24) is 4.72 Å². The first-order chi connectivity index (χ1) is 10.5. The van der Waals surface area contributed by atoms with E-state index in [1.165, 1.54) is 0 Å². The Morgan fingerprint density at radius 1 is 1.23 bits per heavy atom. The molecule has 0 radical (unpaired) electrons. The molecule has 0 aromatic heterocycles. The molecular formula is C16H26N2O3S. The lowest BCUT2D eigenvalue weighted by molar-refractivity contribution is -0.912. The maximum absolute atomic E-state index is 13.0. The average Bonchev–Trinajstić information content (AvgIpc) is 2.51. The fourth-order valence-corrected chi connectivity index (χ4v) is 4.33. The number of nitrogens with one attached hydrogen (secondary N) is 1. The molecule has 0 saturated carbocycles. The molecule has 1 saturated heterocycles. The molecule has 0 aliphatic carbocycles. The third kappa shape index (κ3) is 4.29. The van der Waals surface area contributed by atoms with Gasteiger partial charge in [0.15, 0.2) is 6.17 Å². The number of hydroxylamine groups is 3. The van der Waals surface area contributed by atoms with Crippen molar-refractivity contribution in [2.24, 2.45) is 0 Å². The first-order valence-corrected chi connectivity index (χ1v) is 9.61. The molecule has 5 nitrogen and oxygen atoms in total. The van der Waals surface area contributed by atoms with Crippen LogP contribution < -0.4 is 4.72 Å². The minimum atomic E-state index is -3.63. The molecule has 1 aromatic rings. The third-order valence-electron chi connectivity index (χ3n) is 4.32. The standard InChI is InChI=1S/C16H26N2O3S/c1-2-3-8-13-18(19)14-9-7-12-16(18)17-22(20,21)15-10-5-4-6-11-15/h4-6,10-11,16-17H,2-3,7-9,12-14H2,1H3. The lowest BCUT2D eigenvalue weighted by Gasteiger charge is -2.51. The molecule has 124 valence electrons. The Hall–Kier alpha value is -0.950. The summed E-state index contributed by atoms with van der Waals surface area (Å²) in [7, 11) is -3.63. The second-order valence-electron chi connectivity index (χ2n) is 6.05. The van der Waals surface area contributed by atoms with Gasteiger partial charge in [-0.05, 0) is 37.8 Å². The van der Waals surface area contributed by atoms with Gasteiger partial charge in [0.2, 0.25) is 10.0 Å². The minimum absolute atomic E-state index is 0.223. The highest BCUT2D eigenvalue weighted by Crippen LogP contribution is 2.25. The first kappa shape index (κ1) is 17.4. The topological polar surface area (TPSA) is 69.2 Å². The summed E-state index contributed by atoms with van der Waals surface area (Å²) in [6.45, 7) is 3.10. The lowest BCUT2D eigenvalue weighted by atomic mass is 10.1. The van der Waals surface area contributed by atoms with Gasteiger partial charge in [0.25, 0.3) is 0 Å². The summed E-state index contributed by atoms with van der Waals surface area (Å²) in [5, 5.41) is 13.0. The van der Waals surface area contributed by atoms with E-state index in [0.29, 0.717) is 19.5 Å². The Morgan fingerprint density at radius 2 is 1.95 bits per heavy atom. The van der Waals surface area contributed by atoms with Gasteiger partial charge in [0.1, 0.15) is 0 Å². The van der Waals surface area contributed by atoms with Crippen LogP contribution in [0.5, 0.6) is 0 Å². The maximum atomic E-state index is 13.0. The Bertz CT molecular complexity index is 562. The number of benzene rings is 1. The summed E-state index contributed by atoms with van der Waals surface area (Å²) in [5.74, 6) is 0. The quantitative estimate of drug-likeness (QED) is 0.476. The van der Waals surface area contributed by atoms with E-state index in [0.717, 1.165) is 32.1 Å². The van der Waals surface area contributed by atoms with Crippen LogP contribution in [-0.2, 0) is 10.0 Å². The van der Waals surface area contributed by atoms with Crippen LogP contribution in [0, 0.1) is 5.21 Å². The second-order valence-corrected chi connectivity index (χ2v) is 7.77. The summed E-state index contributed by atoms with van der Waals surface area (Å²) in [6.07, 6.45) is 4.75. The smallest absolute Gasteiger partial charge is 0.245 e. The number of quaternary nitrogens is 1. The fourth-order valence-electron chi connectivity index (χ4n) is 3.01. The third-order valence-corrected chi connectivity index (χ3v) is 5.79. The zero-order chi connectivity index (χ0) is 16.1. The molecular weight excluding hydrogens is 300 g/mol. The van der Waals surface area contributed by atoms with Crippen LogP contribution in [0.1, 0.15) is 45.4 Å². The number of hydrogen-bond donors (Lipinski definition) is 1. The highest BCUT2D eigenvalue weighted by Gasteiger charge is 2.35. The molecule has 1 aliphatic heterocycles. The van der Waals surface area contributed by atoms with E-state index < -0.39 is 20.8 Å². The van der Waals surface area contributed by atoms with E-state index in [-0.39, 0.29) is 4.90 Å². The number of nitrogens with zero attached hydrogens (tertiary/aromatic N) is 1. The van der Waals surface area contributed by atoms with Gasteiger partial charge in [0.05, 0.1) is 18.0 Å². The van der Waals surface area contributed by atoms with Gasteiger partial charge >= 0.3 is 0 Å². The van der Waals surface area contributed by atoms with Gasteiger partial charge < -0.3 is 9.85 Å². The lowest BCUT2D eigenvalue weighted by Crippen LogP contribution is -2.61. The number of sulfonamides is 1. The van der Waals surface area contributed by atoms with E-state index in [9.17, 15) is 13.6 Å². The molecule has 1 fully saturated rings. The summed E-state index contributed by atoms with van der Waals surface area (Å²) in [5.41, 5.74) is 0. The molecule has 1 aliphatic rings. The van der Waals surface area contributed by atoms with Crippen molar-refractivity contribution in [2.45, 2.75) is 56.5 Å². The van der Waals surface area contributed by atoms with Crippen molar-refractivity contribution >= 4 is 10.0 Å². The van der Waals surface area contributed by atoms with Crippen LogP contribution >= 0.6 is 0 Å². The Kier molecular flexibility index (Phi) is 5.97. The molecule has 0 spiro atoms. The van der Waals surface area contributed by atoms with Crippen LogP contribution in [0.15, 0.2) is 35.2 Å². The van der Waals surface area contributed by atoms with Gasteiger partial charge in [0, 0.05) is 6.42 Å². The second kappa shape index (κ2) is 7.55. The van der Waals surface area contributed by atoms with E-state index in [4.69, 9.17) is 0 Å². The molecule has 2 unspecified atom stereocenters. The molecule has 1 heterocycles. The Balaban J connectivity index is 2.11. The molecule has 1 N–H and O–H groups in total. The van der Waals surface area contributed by atoms with Gasteiger partial charge in [-0.3, -0.25) is 0 Å². The molecule has 2 atom stereocenters. The number of unbranched alkanes of at least 4 members (excludes halogenated alkanes) is 2. The number of likely N-dealkylation sites (tertiary alicyclic amines) is 1. The average molecular weight is 326 g/mol. The molecule has 6 heteroatoms. The van der Waals surface area contributed by atoms with E-state index in [1.807, 2.05) is 0 Å². The molecule has 22 heavy (non-hydrogen) atoms. The van der Waals surface area contributed by atoms with E-state index in [2.05, 4.69) is 11.6 Å². The monoisotopic (exact) mass is 326 g/mol. The van der Waals surface area contributed by atoms with Crippen molar-refractivity contribution in [2.75, 3.05) is 13.1 Å². The highest BCUT2D eigenvalue weighted by molar-refractivity contribution is 7.89. The molecule has 1 aromatic carbocycles. The van der Waals surface area contributed by atoms with E-state index >= 15 is 0 Å². The Morgan fingerprint density at radius 3 is 2.64 bits per heavy atom. The number of hydrogen-bond acceptors (Lipinski definition) is 3. The number of rotatable bonds is 7. The SMILES string of the molecule is CCCCC[N+]1([O-])CCCCC1NS(=O)(=O)c1ccccc1. The zero-order valence-electron chi connectivity index (χ0n) is 13.2. The molecule has 2 rings (SSSR count). The van der Waals surface area contributed by atoms with Crippen LogP contribution in [0.2, 0.25) is 0 Å². The zero-order valence-corrected chi connectivity index (χ0v) is 14.0. The summed E-state index contributed by atoms with van der Waals surface area (Å²) < 4.78 is 27.2. The van der Waals surface area contributed by atoms with Crippen LogP contribution in [0.3, 0.4) is 0 Å². The van der Waals surface area contributed by atoms with Crippen molar-refractivity contribution in [3.63, 3.8) is 0 Å². The van der Waals surface area contributed by atoms with Crippen LogP contribution in [-0.4, -0.2) is 32.3 Å². The van der Waals surface area contributed by atoms with Crippen molar-refractivity contribution in [1.29, 1.82) is 0 Å². The summed E-state index contributed by atoms with van der Waals surface area (Å²) in [4.78, 5) is 0.223. The van der Waals surface area contributed by atoms with E-state index in [1.54, 1.807) is 30.3 Å². The van der Waals surface area contributed by atoms with Gasteiger partial charge in [-0.2, -0.15) is 4.72 Å². The Labute approximate surface area is 133 Å². The van der Waals surface area contributed by atoms with Gasteiger partial charge in [-0.1, -0.05) is 31.5 Å².